The van der Waals surface area contributed by atoms with Gasteiger partial charge in [-0.05, 0) is 17.0 Å². The number of guanidine groups is 1. The van der Waals surface area contributed by atoms with Gasteiger partial charge in [-0.25, -0.2) is 4.98 Å². The molecule has 6 heteroatoms. The third-order valence-electron chi connectivity index (χ3n) is 3.28. The SMILES string of the molecule is CN=C(NCc1cccc(Cn2ccnc2)c1)NCC(C)C.I. The van der Waals surface area contributed by atoms with Gasteiger partial charge in [0, 0.05) is 39.1 Å². The molecule has 0 spiro atoms. The van der Waals surface area contributed by atoms with Crippen molar-refractivity contribution in [2.24, 2.45) is 10.9 Å². The molecule has 0 saturated carbocycles. The standard InChI is InChI=1S/C17H25N5.HI/c1-14(2)10-20-17(18-3)21-11-15-5-4-6-16(9-15)12-22-8-7-19-13-22;/h4-9,13-14H,10-12H2,1-3H3,(H2,18,20,21);1H. The number of halogens is 1. The fraction of sp³-hybridized carbons (Fsp3) is 0.412. The molecule has 0 aliphatic carbocycles. The van der Waals surface area contributed by atoms with E-state index in [4.69, 9.17) is 0 Å². The van der Waals surface area contributed by atoms with E-state index in [0.717, 1.165) is 25.6 Å². The summed E-state index contributed by atoms with van der Waals surface area (Å²) in [6, 6.07) is 8.56. The van der Waals surface area contributed by atoms with Crippen molar-refractivity contribution in [2.45, 2.75) is 26.9 Å². The van der Waals surface area contributed by atoms with E-state index in [1.54, 1.807) is 13.2 Å². The summed E-state index contributed by atoms with van der Waals surface area (Å²) in [6.45, 7) is 6.88. The van der Waals surface area contributed by atoms with Crippen molar-refractivity contribution >= 4 is 29.9 Å². The maximum atomic E-state index is 4.24. The van der Waals surface area contributed by atoms with E-state index in [-0.39, 0.29) is 24.0 Å². The van der Waals surface area contributed by atoms with Gasteiger partial charge in [-0.15, -0.1) is 24.0 Å². The first-order valence-corrected chi connectivity index (χ1v) is 7.65. The minimum absolute atomic E-state index is 0. The summed E-state index contributed by atoms with van der Waals surface area (Å²) in [7, 11) is 1.80. The summed E-state index contributed by atoms with van der Waals surface area (Å²) in [5, 5.41) is 6.66. The lowest BCUT2D eigenvalue weighted by atomic mass is 10.1. The third kappa shape index (κ3) is 7.02. The zero-order valence-corrected chi connectivity index (χ0v) is 16.3. The van der Waals surface area contributed by atoms with Gasteiger partial charge in [0.25, 0.3) is 0 Å². The van der Waals surface area contributed by atoms with Crippen LogP contribution in [0.25, 0.3) is 0 Å². The second-order valence-corrected chi connectivity index (χ2v) is 5.76. The minimum Gasteiger partial charge on any atom is -0.356 e. The number of imidazole rings is 1. The van der Waals surface area contributed by atoms with Crippen LogP contribution < -0.4 is 10.6 Å². The number of aromatic nitrogens is 2. The molecular weight excluding hydrogens is 401 g/mol. The first-order valence-electron chi connectivity index (χ1n) is 7.65. The van der Waals surface area contributed by atoms with Crippen LogP contribution in [0.3, 0.4) is 0 Å². The summed E-state index contributed by atoms with van der Waals surface area (Å²) >= 11 is 0. The van der Waals surface area contributed by atoms with Crippen LogP contribution in [-0.2, 0) is 13.1 Å². The maximum absolute atomic E-state index is 4.24. The molecule has 0 fully saturated rings. The Balaban J connectivity index is 0.00000264. The summed E-state index contributed by atoms with van der Waals surface area (Å²) in [5.41, 5.74) is 2.51. The van der Waals surface area contributed by atoms with E-state index in [1.807, 2.05) is 12.5 Å². The van der Waals surface area contributed by atoms with Crippen molar-refractivity contribution in [3.8, 4) is 0 Å². The van der Waals surface area contributed by atoms with Crippen LogP contribution >= 0.6 is 24.0 Å². The lowest BCUT2D eigenvalue weighted by Crippen LogP contribution is -2.38. The maximum Gasteiger partial charge on any atom is 0.191 e. The van der Waals surface area contributed by atoms with Crippen molar-refractivity contribution in [1.82, 2.24) is 20.2 Å². The highest BCUT2D eigenvalue weighted by Crippen LogP contribution is 2.07. The molecular formula is C17H26IN5. The lowest BCUT2D eigenvalue weighted by Gasteiger charge is -2.14. The fourth-order valence-corrected chi connectivity index (χ4v) is 2.14. The van der Waals surface area contributed by atoms with E-state index in [2.05, 4.69) is 63.3 Å². The molecule has 1 aromatic heterocycles. The van der Waals surface area contributed by atoms with Crippen molar-refractivity contribution < 1.29 is 0 Å². The number of nitrogens with zero attached hydrogens (tertiary/aromatic N) is 3. The van der Waals surface area contributed by atoms with Crippen LogP contribution in [0.4, 0.5) is 0 Å². The third-order valence-corrected chi connectivity index (χ3v) is 3.28. The zero-order valence-electron chi connectivity index (χ0n) is 14.0. The largest absolute Gasteiger partial charge is 0.356 e. The summed E-state index contributed by atoms with van der Waals surface area (Å²) < 4.78 is 2.07. The number of rotatable bonds is 6. The van der Waals surface area contributed by atoms with Gasteiger partial charge in [0.2, 0.25) is 0 Å². The van der Waals surface area contributed by atoms with Gasteiger partial charge in [0.15, 0.2) is 5.96 Å². The number of aliphatic imine (C=N–C) groups is 1. The highest BCUT2D eigenvalue weighted by Gasteiger charge is 2.01. The molecule has 0 radical (unpaired) electrons. The molecule has 0 aliphatic heterocycles. The van der Waals surface area contributed by atoms with E-state index in [1.165, 1.54) is 11.1 Å². The van der Waals surface area contributed by atoms with Crippen molar-refractivity contribution in [1.29, 1.82) is 0 Å². The average molecular weight is 427 g/mol. The minimum atomic E-state index is 0. The smallest absolute Gasteiger partial charge is 0.191 e. The summed E-state index contributed by atoms with van der Waals surface area (Å²) in [5.74, 6) is 1.44. The molecule has 1 aromatic carbocycles. The van der Waals surface area contributed by atoms with Crippen LogP contribution in [0.15, 0.2) is 48.0 Å². The van der Waals surface area contributed by atoms with E-state index in [9.17, 15) is 0 Å². The number of nitrogens with one attached hydrogen (secondary N) is 2. The van der Waals surface area contributed by atoms with Gasteiger partial charge in [0.1, 0.15) is 0 Å². The van der Waals surface area contributed by atoms with Gasteiger partial charge in [0.05, 0.1) is 6.33 Å². The van der Waals surface area contributed by atoms with Crippen LogP contribution in [0.5, 0.6) is 0 Å². The van der Waals surface area contributed by atoms with Gasteiger partial charge < -0.3 is 15.2 Å². The normalized spacial score (nSPS) is 11.2. The van der Waals surface area contributed by atoms with Crippen molar-refractivity contribution in [2.75, 3.05) is 13.6 Å². The Morgan fingerprint density at radius 1 is 1.26 bits per heavy atom. The van der Waals surface area contributed by atoms with Gasteiger partial charge >= 0.3 is 0 Å². The van der Waals surface area contributed by atoms with E-state index < -0.39 is 0 Å². The Morgan fingerprint density at radius 2 is 2.04 bits per heavy atom. The van der Waals surface area contributed by atoms with Crippen LogP contribution in [0, 0.1) is 5.92 Å². The van der Waals surface area contributed by atoms with Crippen LogP contribution in [-0.4, -0.2) is 29.1 Å². The molecule has 2 rings (SSSR count). The Morgan fingerprint density at radius 3 is 2.70 bits per heavy atom. The average Bonchev–Trinajstić information content (AvgIpc) is 3.00. The van der Waals surface area contributed by atoms with Gasteiger partial charge in [-0.3, -0.25) is 4.99 Å². The second kappa shape index (κ2) is 10.3. The molecule has 0 atom stereocenters. The first kappa shape index (κ1) is 19.5. The summed E-state index contributed by atoms with van der Waals surface area (Å²) in [6.07, 6.45) is 5.61. The molecule has 0 saturated heterocycles. The number of hydrogen-bond acceptors (Lipinski definition) is 2. The highest BCUT2D eigenvalue weighted by atomic mass is 127. The molecule has 0 bridgehead atoms. The van der Waals surface area contributed by atoms with Crippen LogP contribution in [0.2, 0.25) is 0 Å². The molecule has 5 nitrogen and oxygen atoms in total. The van der Waals surface area contributed by atoms with Crippen LogP contribution in [0.1, 0.15) is 25.0 Å². The lowest BCUT2D eigenvalue weighted by molar-refractivity contribution is 0.614. The molecule has 0 amide bonds. The molecule has 2 N–H and O–H groups in total. The molecule has 23 heavy (non-hydrogen) atoms. The fourth-order valence-electron chi connectivity index (χ4n) is 2.14. The topological polar surface area (TPSA) is 54.2 Å². The van der Waals surface area contributed by atoms with Gasteiger partial charge in [-0.1, -0.05) is 38.1 Å². The predicted molar refractivity (Wildman–Crippen MR) is 106 cm³/mol. The Bertz CT molecular complexity index is 593. The molecule has 0 aliphatic rings. The molecule has 2 aromatic rings. The Hall–Kier alpha value is -1.57. The molecule has 1 heterocycles. The second-order valence-electron chi connectivity index (χ2n) is 5.76. The number of hydrogen-bond donors (Lipinski definition) is 2. The first-order chi connectivity index (χ1) is 10.7. The van der Waals surface area contributed by atoms with Crippen molar-refractivity contribution in [3.63, 3.8) is 0 Å². The molecule has 0 unspecified atom stereocenters. The Kier molecular flexibility index (Phi) is 8.68. The Labute approximate surface area is 155 Å². The quantitative estimate of drug-likeness (QED) is 0.424. The summed E-state index contributed by atoms with van der Waals surface area (Å²) in [4.78, 5) is 8.31. The number of benzene rings is 1. The van der Waals surface area contributed by atoms with E-state index >= 15 is 0 Å². The molecule has 126 valence electrons. The zero-order chi connectivity index (χ0) is 15.8. The monoisotopic (exact) mass is 427 g/mol. The van der Waals surface area contributed by atoms with Crippen molar-refractivity contribution in [3.05, 3.63) is 54.1 Å². The van der Waals surface area contributed by atoms with E-state index in [0.29, 0.717) is 5.92 Å². The highest BCUT2D eigenvalue weighted by molar-refractivity contribution is 14.0. The van der Waals surface area contributed by atoms with Gasteiger partial charge in [-0.2, -0.15) is 0 Å². The predicted octanol–water partition coefficient (Wildman–Crippen LogP) is 2.87.